The molecule has 0 aliphatic rings. The summed E-state index contributed by atoms with van der Waals surface area (Å²) in [5.74, 6) is 1.57. The maximum Gasteiger partial charge on any atom is 0.139 e. The van der Waals surface area contributed by atoms with Gasteiger partial charge in [0.25, 0.3) is 0 Å². The molecule has 0 aliphatic heterocycles. The van der Waals surface area contributed by atoms with Gasteiger partial charge in [0.2, 0.25) is 0 Å². The first kappa shape index (κ1) is 36.5. The molecule has 0 aromatic heterocycles. The highest BCUT2D eigenvalue weighted by Crippen LogP contribution is 2.60. The van der Waals surface area contributed by atoms with Crippen LogP contribution >= 0.6 is 15.2 Å². The van der Waals surface area contributed by atoms with Crippen molar-refractivity contribution in [1.29, 1.82) is 0 Å². The highest BCUT2D eigenvalue weighted by molar-refractivity contribution is 7.98. The third-order valence-corrected chi connectivity index (χ3v) is 17.1. The number of benzene rings is 8. The number of aryl methyl sites for hydroxylation is 4. The van der Waals surface area contributed by atoms with Gasteiger partial charge in [-0.05, 0) is 111 Å². The predicted octanol–water partition coefficient (Wildman–Crippen LogP) is 9.75. The van der Waals surface area contributed by atoms with E-state index >= 15 is 0 Å². The van der Waals surface area contributed by atoms with E-state index in [0.717, 1.165) is 32.2 Å². The van der Waals surface area contributed by atoms with Crippen LogP contribution in [0.5, 0.6) is 0 Å². The van der Waals surface area contributed by atoms with Crippen molar-refractivity contribution in [2.45, 2.75) is 27.7 Å². The zero-order valence-electron chi connectivity index (χ0n) is 32.0. The summed E-state index contributed by atoms with van der Waals surface area (Å²) < 4.78 is 5.55. The second kappa shape index (κ2) is 15.3. The predicted molar refractivity (Wildman–Crippen MR) is 238 cm³/mol. The standard InChI is InChI=1S/C51H44O2P2/c1-35-14-24-41(25-15-35)54(42-26-16-36(2)17-27-42)47-32-22-39-10-6-8-12-45(39)50(47)51-46-13-9-7-11-40(46)23-33-48(51)55(34-49(52)53-5,43-28-18-37(3)19-29-43)44-30-20-38(4)21-31-44/h6-34H,1-5H3/b49-34+. The molecule has 0 atom stereocenters. The van der Waals surface area contributed by atoms with Gasteiger partial charge in [-0.2, -0.15) is 0 Å². The Kier molecular flexibility index (Phi) is 10.2. The summed E-state index contributed by atoms with van der Waals surface area (Å²) in [5.41, 5.74) is 7.18. The molecule has 270 valence electrons. The molecule has 0 aliphatic carbocycles. The van der Waals surface area contributed by atoms with Crippen molar-refractivity contribution >= 4 is 68.6 Å². The van der Waals surface area contributed by atoms with Gasteiger partial charge in [0.15, 0.2) is 0 Å². The van der Waals surface area contributed by atoms with E-state index < -0.39 is 15.2 Å². The number of methoxy groups -OCH3 is 1. The molecule has 0 radical (unpaired) electrons. The summed E-state index contributed by atoms with van der Waals surface area (Å²) >= 11 is 0. The van der Waals surface area contributed by atoms with E-state index in [9.17, 15) is 5.11 Å². The van der Waals surface area contributed by atoms with E-state index in [1.165, 1.54) is 61.6 Å². The van der Waals surface area contributed by atoms with Gasteiger partial charge in [0, 0.05) is 11.1 Å². The topological polar surface area (TPSA) is 32.3 Å². The first-order valence-electron chi connectivity index (χ1n) is 18.7. The molecule has 0 bridgehead atoms. The Balaban J connectivity index is 1.59. The van der Waals surface area contributed by atoms with Crippen LogP contribution in [-0.4, -0.2) is 7.11 Å². The fourth-order valence-electron chi connectivity index (χ4n) is 7.76. The number of rotatable bonds is 9. The summed E-state index contributed by atoms with van der Waals surface area (Å²) in [7, 11) is -2.38. The minimum absolute atomic E-state index is 0.340. The van der Waals surface area contributed by atoms with Crippen LogP contribution in [-0.2, 0) is 4.74 Å². The van der Waals surface area contributed by atoms with E-state index in [4.69, 9.17) is 4.74 Å². The van der Waals surface area contributed by atoms with Crippen LogP contribution in [0.25, 0.3) is 32.7 Å². The van der Waals surface area contributed by atoms with Gasteiger partial charge < -0.3 is 9.84 Å². The smallest absolute Gasteiger partial charge is 0.139 e. The molecule has 55 heavy (non-hydrogen) atoms. The van der Waals surface area contributed by atoms with Gasteiger partial charge >= 0.3 is 0 Å². The fourth-order valence-corrected chi connectivity index (χ4v) is 14.0. The van der Waals surface area contributed by atoms with Gasteiger partial charge in [-0.15, -0.1) is 0 Å². The summed E-state index contributed by atoms with van der Waals surface area (Å²) in [6, 6.07) is 62.4. The molecule has 0 unspecified atom stereocenters. The number of ether oxygens (including phenoxy) is 1. The number of fused-ring (bicyclic) bond motifs is 2. The van der Waals surface area contributed by atoms with Crippen molar-refractivity contribution in [3.63, 3.8) is 0 Å². The maximum absolute atomic E-state index is 14.0. The van der Waals surface area contributed by atoms with Crippen molar-refractivity contribution in [2.24, 2.45) is 0 Å². The molecule has 0 N–H and O–H groups in total. The summed E-state index contributed by atoms with van der Waals surface area (Å²) in [6.07, 6.45) is 0. The Bertz CT molecular complexity index is 2570. The molecule has 0 saturated heterocycles. The molecule has 8 aromatic carbocycles. The Hall–Kier alpha value is -5.52. The zero-order valence-corrected chi connectivity index (χ0v) is 33.7. The lowest BCUT2D eigenvalue weighted by Crippen LogP contribution is -2.33. The van der Waals surface area contributed by atoms with E-state index in [1.807, 2.05) is 5.82 Å². The second-order valence-corrected chi connectivity index (χ2v) is 19.8. The first-order chi connectivity index (χ1) is 26.8. The van der Waals surface area contributed by atoms with E-state index in [0.29, 0.717) is 0 Å². The van der Waals surface area contributed by atoms with Gasteiger partial charge in [-0.1, -0.05) is 162 Å². The van der Waals surface area contributed by atoms with Gasteiger partial charge in [0.05, 0.1) is 11.8 Å². The Morgan fingerprint density at radius 2 is 0.909 bits per heavy atom. The molecular weight excluding hydrogens is 707 g/mol. The lowest BCUT2D eigenvalue weighted by Gasteiger charge is -2.30. The van der Waals surface area contributed by atoms with Crippen LogP contribution in [0.1, 0.15) is 22.3 Å². The Morgan fingerprint density at radius 1 is 0.491 bits per heavy atom. The molecule has 8 rings (SSSR count). The SMILES string of the molecule is CO/C([O-])=C/[P+](c1ccc(C)cc1)(c1ccc(C)cc1)c1ccc2ccccc2c1-c1c(P(c2ccc(C)cc2)c2ccc(C)cc2)ccc2ccccc12. The largest absolute Gasteiger partial charge is 0.614 e. The third-order valence-electron chi connectivity index (χ3n) is 10.7. The number of hydrogen-bond donors (Lipinski definition) is 0. The molecule has 0 amide bonds. The lowest BCUT2D eigenvalue weighted by molar-refractivity contribution is -0.352. The quantitative estimate of drug-likeness (QED) is 0.109. The average Bonchev–Trinajstić information content (AvgIpc) is 3.21. The van der Waals surface area contributed by atoms with Crippen molar-refractivity contribution in [1.82, 2.24) is 0 Å². The van der Waals surface area contributed by atoms with Crippen LogP contribution < -0.4 is 36.9 Å². The molecule has 0 fully saturated rings. The number of hydrogen-bond acceptors (Lipinski definition) is 2. The molecule has 0 heterocycles. The van der Waals surface area contributed by atoms with Crippen LogP contribution in [0.15, 0.2) is 182 Å². The van der Waals surface area contributed by atoms with Crippen LogP contribution in [0.3, 0.4) is 0 Å². The van der Waals surface area contributed by atoms with Crippen molar-refractivity contribution in [3.8, 4) is 11.1 Å². The van der Waals surface area contributed by atoms with Gasteiger partial charge in [0.1, 0.15) is 23.2 Å². The summed E-state index contributed by atoms with van der Waals surface area (Å²) in [4.78, 5) is 0. The minimum atomic E-state index is -2.85. The highest BCUT2D eigenvalue weighted by atomic mass is 31.2. The average molecular weight is 751 g/mol. The minimum Gasteiger partial charge on any atom is -0.614 e. The monoisotopic (exact) mass is 750 g/mol. The van der Waals surface area contributed by atoms with Crippen molar-refractivity contribution < 1.29 is 9.84 Å². The van der Waals surface area contributed by atoms with Crippen molar-refractivity contribution in [2.75, 3.05) is 7.11 Å². The Labute approximate surface area is 326 Å². The molecule has 2 nitrogen and oxygen atoms in total. The van der Waals surface area contributed by atoms with E-state index in [2.05, 4.69) is 198 Å². The first-order valence-corrected chi connectivity index (χ1v) is 21.9. The van der Waals surface area contributed by atoms with Crippen LogP contribution in [0.4, 0.5) is 0 Å². The van der Waals surface area contributed by atoms with Crippen molar-refractivity contribution in [3.05, 3.63) is 204 Å². The molecule has 0 saturated carbocycles. The van der Waals surface area contributed by atoms with E-state index in [1.54, 1.807) is 0 Å². The van der Waals surface area contributed by atoms with Gasteiger partial charge in [-0.3, -0.25) is 0 Å². The highest BCUT2D eigenvalue weighted by Gasteiger charge is 2.47. The lowest BCUT2D eigenvalue weighted by atomic mass is 9.93. The fraction of sp³-hybridized carbons (Fsp3) is 0.0980. The normalized spacial score (nSPS) is 12.1. The van der Waals surface area contributed by atoms with Gasteiger partial charge in [-0.25, -0.2) is 0 Å². The zero-order chi connectivity index (χ0) is 38.1. The second-order valence-electron chi connectivity index (χ2n) is 14.4. The summed E-state index contributed by atoms with van der Waals surface area (Å²) in [5, 5.41) is 25.8. The third kappa shape index (κ3) is 6.87. The molecule has 0 spiro atoms. The van der Waals surface area contributed by atoms with E-state index in [-0.39, 0.29) is 5.95 Å². The molecule has 4 heteroatoms. The molecular formula is C51H44O2P2. The van der Waals surface area contributed by atoms with Crippen LogP contribution in [0.2, 0.25) is 0 Å². The van der Waals surface area contributed by atoms with Crippen LogP contribution in [0, 0.1) is 27.7 Å². The maximum atomic E-state index is 14.0. The Morgan fingerprint density at radius 3 is 1.38 bits per heavy atom. The summed E-state index contributed by atoms with van der Waals surface area (Å²) in [6.45, 7) is 8.53. The molecule has 8 aromatic rings.